The zero-order chi connectivity index (χ0) is 15.2. The van der Waals surface area contributed by atoms with Crippen molar-refractivity contribution in [3.8, 4) is 11.5 Å². The van der Waals surface area contributed by atoms with Gasteiger partial charge in [0.25, 0.3) is 0 Å². The molecule has 0 aliphatic heterocycles. The molecule has 8 heteroatoms. The van der Waals surface area contributed by atoms with Crippen molar-refractivity contribution in [2.75, 3.05) is 13.2 Å². The summed E-state index contributed by atoms with van der Waals surface area (Å²) < 4.78 is 40.7. The van der Waals surface area contributed by atoms with Gasteiger partial charge in [-0.1, -0.05) is 35.3 Å². The van der Waals surface area contributed by atoms with Crippen LogP contribution in [0.5, 0.6) is 11.5 Å². The van der Waals surface area contributed by atoms with Gasteiger partial charge in [0.2, 0.25) is 4.84 Å². The Morgan fingerprint density at radius 1 is 1.30 bits per heavy atom. The third kappa shape index (κ3) is 5.02. The quantitative estimate of drug-likeness (QED) is 0.568. The fourth-order valence-corrected chi connectivity index (χ4v) is 1.27. The molecule has 0 unspecified atom stereocenters. The van der Waals surface area contributed by atoms with E-state index in [2.05, 4.69) is 9.47 Å². The molecule has 1 aromatic rings. The summed E-state index contributed by atoms with van der Waals surface area (Å²) in [7, 11) is 0. The Labute approximate surface area is 124 Å². The van der Waals surface area contributed by atoms with Crippen LogP contribution in [0.15, 0.2) is 24.3 Å². The molecule has 0 heterocycles. The van der Waals surface area contributed by atoms with E-state index in [4.69, 9.17) is 27.9 Å². The van der Waals surface area contributed by atoms with E-state index in [-0.39, 0.29) is 18.1 Å². The molecule has 0 saturated heterocycles. The minimum atomic E-state index is -3.79. The number of hydrogen-bond acceptors (Lipinski definition) is 4. The fraction of sp³-hybridized carbons (Fsp3) is 0.417. The summed E-state index contributed by atoms with van der Waals surface area (Å²) in [6, 6.07) is 5.59. The Bertz CT molecular complexity index is 455. The van der Waals surface area contributed by atoms with Gasteiger partial charge in [0.15, 0.2) is 18.1 Å². The first-order valence-corrected chi connectivity index (χ1v) is 6.46. The van der Waals surface area contributed by atoms with E-state index in [1.54, 1.807) is 6.92 Å². The van der Waals surface area contributed by atoms with Crippen molar-refractivity contribution in [1.82, 2.24) is 0 Å². The molecule has 0 aromatic heterocycles. The number of rotatable bonds is 7. The Morgan fingerprint density at radius 3 is 2.45 bits per heavy atom. The summed E-state index contributed by atoms with van der Waals surface area (Å²) in [6.45, 7) is 1.40. The van der Waals surface area contributed by atoms with Gasteiger partial charge in [-0.15, -0.1) is 0 Å². The molecule has 1 rings (SSSR count). The summed E-state index contributed by atoms with van der Waals surface area (Å²) in [4.78, 5) is 9.10. The first-order chi connectivity index (χ1) is 9.36. The summed E-state index contributed by atoms with van der Waals surface area (Å²) in [5, 5.41) is 0. The van der Waals surface area contributed by atoms with Gasteiger partial charge in [-0.2, -0.15) is 8.78 Å². The first kappa shape index (κ1) is 16.8. The van der Waals surface area contributed by atoms with E-state index in [1.807, 2.05) is 0 Å². The number of ether oxygens (including phenoxy) is 3. The average Bonchev–Trinajstić information content (AvgIpc) is 2.37. The maximum atomic E-state index is 13.3. The monoisotopic (exact) mass is 328 g/mol. The van der Waals surface area contributed by atoms with Crippen molar-refractivity contribution in [1.29, 1.82) is 0 Å². The van der Waals surface area contributed by atoms with Gasteiger partial charge in [-0.25, -0.2) is 4.79 Å². The van der Waals surface area contributed by atoms with E-state index in [9.17, 15) is 13.6 Å². The SMILES string of the molecule is CCOC(=O)COc1ccccc1OC(F)(F)C(Cl)Cl. The molecule has 1 aromatic carbocycles. The second-order valence-corrected chi connectivity index (χ2v) is 4.60. The minimum absolute atomic E-state index is 0.0470. The molecule has 0 fully saturated rings. The molecule has 0 saturated carbocycles. The van der Waals surface area contributed by atoms with E-state index in [0.717, 1.165) is 0 Å². The number of hydrogen-bond donors (Lipinski definition) is 0. The highest BCUT2D eigenvalue weighted by Gasteiger charge is 2.40. The highest BCUT2D eigenvalue weighted by atomic mass is 35.5. The van der Waals surface area contributed by atoms with Crippen LogP contribution in [0.2, 0.25) is 0 Å². The van der Waals surface area contributed by atoms with Crippen molar-refractivity contribution < 1.29 is 27.8 Å². The van der Waals surface area contributed by atoms with Crippen LogP contribution in [-0.4, -0.2) is 30.1 Å². The third-order valence-electron chi connectivity index (χ3n) is 2.00. The molecule has 112 valence electrons. The van der Waals surface area contributed by atoms with E-state index >= 15 is 0 Å². The Kier molecular flexibility index (Phi) is 6.29. The zero-order valence-electron chi connectivity index (χ0n) is 10.4. The molecule has 0 radical (unpaired) electrons. The van der Waals surface area contributed by atoms with Crippen LogP contribution < -0.4 is 9.47 Å². The molecule has 0 aliphatic carbocycles. The molecule has 0 bridgehead atoms. The lowest BCUT2D eigenvalue weighted by atomic mass is 10.3. The maximum Gasteiger partial charge on any atom is 0.428 e. The van der Waals surface area contributed by atoms with E-state index < -0.39 is 23.5 Å². The summed E-state index contributed by atoms with van der Waals surface area (Å²) in [5.74, 6) is -0.955. The van der Waals surface area contributed by atoms with Gasteiger partial charge in [-0.3, -0.25) is 0 Å². The lowest BCUT2D eigenvalue weighted by Crippen LogP contribution is -2.32. The lowest BCUT2D eigenvalue weighted by molar-refractivity contribution is -0.164. The van der Waals surface area contributed by atoms with Gasteiger partial charge in [0, 0.05) is 0 Å². The Morgan fingerprint density at radius 2 is 1.90 bits per heavy atom. The average molecular weight is 329 g/mol. The standard InChI is InChI=1S/C12H12Cl2F2O4/c1-2-18-10(17)7-19-8-5-3-4-6-9(8)20-12(15,16)11(13)14/h3-6,11H,2,7H2,1H3. The summed E-state index contributed by atoms with van der Waals surface area (Å²) in [5.41, 5.74) is 0. The van der Waals surface area contributed by atoms with Crippen LogP contribution in [0.3, 0.4) is 0 Å². The number of esters is 1. The molecule has 4 nitrogen and oxygen atoms in total. The number of benzene rings is 1. The van der Waals surface area contributed by atoms with Crippen molar-refractivity contribution in [2.45, 2.75) is 17.9 Å². The molecule has 0 N–H and O–H groups in total. The third-order valence-corrected chi connectivity index (χ3v) is 2.51. The lowest BCUT2D eigenvalue weighted by Gasteiger charge is -2.20. The normalized spacial score (nSPS) is 11.3. The topological polar surface area (TPSA) is 44.8 Å². The maximum absolute atomic E-state index is 13.3. The predicted molar refractivity (Wildman–Crippen MR) is 69.6 cm³/mol. The molecule has 0 atom stereocenters. The fourth-order valence-electron chi connectivity index (χ4n) is 1.18. The molecular formula is C12H12Cl2F2O4. The number of halogens is 4. The van der Waals surface area contributed by atoms with Crippen LogP contribution in [0, 0.1) is 0 Å². The highest BCUT2D eigenvalue weighted by molar-refractivity contribution is 6.44. The Hall–Kier alpha value is -1.27. The van der Waals surface area contributed by atoms with E-state index in [1.165, 1.54) is 24.3 Å². The van der Waals surface area contributed by atoms with Crippen molar-refractivity contribution in [3.05, 3.63) is 24.3 Å². The summed E-state index contributed by atoms with van der Waals surface area (Å²) in [6.07, 6.45) is -3.79. The first-order valence-electron chi connectivity index (χ1n) is 5.59. The number of carbonyl (C=O) groups is 1. The van der Waals surface area contributed by atoms with Gasteiger partial charge >= 0.3 is 12.1 Å². The van der Waals surface area contributed by atoms with Gasteiger partial charge in [0.1, 0.15) is 0 Å². The second kappa shape index (κ2) is 7.50. The smallest absolute Gasteiger partial charge is 0.428 e. The molecule has 0 aliphatic rings. The van der Waals surface area contributed by atoms with Crippen LogP contribution in [0.25, 0.3) is 0 Å². The summed E-state index contributed by atoms with van der Waals surface area (Å²) >= 11 is 10.2. The number of alkyl halides is 4. The number of para-hydroxylation sites is 2. The molecule has 0 amide bonds. The van der Waals surface area contributed by atoms with Crippen molar-refractivity contribution in [3.63, 3.8) is 0 Å². The zero-order valence-corrected chi connectivity index (χ0v) is 12.0. The van der Waals surface area contributed by atoms with Crippen LogP contribution >= 0.6 is 23.2 Å². The van der Waals surface area contributed by atoms with Crippen LogP contribution in [-0.2, 0) is 9.53 Å². The molecular weight excluding hydrogens is 317 g/mol. The Balaban J connectivity index is 2.76. The van der Waals surface area contributed by atoms with Gasteiger partial charge < -0.3 is 14.2 Å². The van der Waals surface area contributed by atoms with Crippen LogP contribution in [0.1, 0.15) is 6.92 Å². The highest BCUT2D eigenvalue weighted by Crippen LogP contribution is 2.35. The second-order valence-electron chi connectivity index (χ2n) is 3.50. The van der Waals surface area contributed by atoms with Crippen LogP contribution in [0.4, 0.5) is 8.78 Å². The van der Waals surface area contributed by atoms with Crippen molar-refractivity contribution >= 4 is 29.2 Å². The van der Waals surface area contributed by atoms with E-state index in [0.29, 0.717) is 0 Å². The predicted octanol–water partition coefficient (Wildman–Crippen LogP) is 3.40. The molecule has 0 spiro atoms. The largest absolute Gasteiger partial charge is 0.478 e. The molecule has 20 heavy (non-hydrogen) atoms. The van der Waals surface area contributed by atoms with Crippen molar-refractivity contribution in [2.24, 2.45) is 0 Å². The number of carbonyl (C=O) groups excluding carboxylic acids is 1. The van der Waals surface area contributed by atoms with Gasteiger partial charge in [-0.05, 0) is 19.1 Å². The minimum Gasteiger partial charge on any atom is -0.478 e. The van der Waals surface area contributed by atoms with Gasteiger partial charge in [0.05, 0.1) is 6.61 Å².